The van der Waals surface area contributed by atoms with E-state index in [1.807, 2.05) is 37.2 Å². The minimum absolute atomic E-state index is 0.248. The Hall–Kier alpha value is -0.620. The van der Waals surface area contributed by atoms with Crippen LogP contribution in [0.15, 0.2) is 24.3 Å². The normalized spacial score (nSPS) is 10.4. The molecule has 0 atom stereocenters. The van der Waals surface area contributed by atoms with Crippen molar-refractivity contribution in [3.8, 4) is 0 Å². The van der Waals surface area contributed by atoms with Gasteiger partial charge in [0.1, 0.15) is 6.61 Å². The third kappa shape index (κ3) is 4.17. The highest BCUT2D eigenvalue weighted by molar-refractivity contribution is 14.1. The van der Waals surface area contributed by atoms with Crippen LogP contribution >= 0.6 is 22.6 Å². The predicted molar refractivity (Wildman–Crippen MR) is 68.0 cm³/mol. The summed E-state index contributed by atoms with van der Waals surface area (Å²) < 4.78 is 6.06. The van der Waals surface area contributed by atoms with Crippen molar-refractivity contribution in [2.45, 2.75) is 0 Å². The molecule has 0 aromatic heterocycles. The van der Waals surface area contributed by atoms with Gasteiger partial charge in [-0.3, -0.25) is 0 Å². The number of rotatable bonds is 4. The standard InChI is InChI=1S/C11H14INO2/c1-13(2)7-8-15-11(14)9-5-3-4-6-10(9)12/h3-6H,7-8H2,1-2H3. The molecule has 0 spiro atoms. The van der Waals surface area contributed by atoms with E-state index in [0.29, 0.717) is 12.2 Å². The maximum absolute atomic E-state index is 11.6. The number of benzene rings is 1. The Morgan fingerprint density at radius 1 is 1.40 bits per heavy atom. The number of nitrogens with zero attached hydrogens (tertiary/aromatic N) is 1. The molecule has 0 saturated heterocycles. The number of ether oxygens (including phenoxy) is 1. The average Bonchev–Trinajstić information content (AvgIpc) is 2.17. The summed E-state index contributed by atoms with van der Waals surface area (Å²) in [6.07, 6.45) is 0. The first-order chi connectivity index (χ1) is 7.11. The van der Waals surface area contributed by atoms with E-state index in [1.165, 1.54) is 0 Å². The van der Waals surface area contributed by atoms with Gasteiger partial charge in [0.15, 0.2) is 0 Å². The first-order valence-electron chi connectivity index (χ1n) is 4.67. The summed E-state index contributed by atoms with van der Waals surface area (Å²) in [5.41, 5.74) is 0.636. The van der Waals surface area contributed by atoms with Crippen LogP contribution < -0.4 is 0 Å². The molecule has 1 rings (SSSR count). The first kappa shape index (κ1) is 12.4. The molecule has 15 heavy (non-hydrogen) atoms. The van der Waals surface area contributed by atoms with E-state index in [2.05, 4.69) is 22.6 Å². The van der Waals surface area contributed by atoms with Crippen LogP contribution in [0.4, 0.5) is 0 Å². The van der Waals surface area contributed by atoms with Crippen LogP contribution in [0.3, 0.4) is 0 Å². The topological polar surface area (TPSA) is 29.5 Å². The molecule has 0 unspecified atom stereocenters. The summed E-state index contributed by atoms with van der Waals surface area (Å²) in [5.74, 6) is -0.248. The van der Waals surface area contributed by atoms with Crippen molar-refractivity contribution in [1.82, 2.24) is 4.90 Å². The molecule has 4 heteroatoms. The molecule has 0 heterocycles. The highest BCUT2D eigenvalue weighted by Gasteiger charge is 2.09. The number of hydrogen-bond acceptors (Lipinski definition) is 3. The quantitative estimate of drug-likeness (QED) is 0.628. The minimum atomic E-state index is -0.248. The first-order valence-corrected chi connectivity index (χ1v) is 5.75. The molecular formula is C11H14INO2. The van der Waals surface area contributed by atoms with Gasteiger partial charge >= 0.3 is 5.97 Å². The van der Waals surface area contributed by atoms with Gasteiger partial charge in [0.2, 0.25) is 0 Å². The Morgan fingerprint density at radius 3 is 2.67 bits per heavy atom. The molecule has 0 N–H and O–H groups in total. The Bertz CT molecular complexity index is 339. The Labute approximate surface area is 104 Å². The van der Waals surface area contributed by atoms with Crippen LogP contribution in [0, 0.1) is 3.57 Å². The fourth-order valence-electron chi connectivity index (χ4n) is 1.03. The van der Waals surface area contributed by atoms with Gasteiger partial charge < -0.3 is 9.64 Å². The lowest BCUT2D eigenvalue weighted by Gasteiger charge is -2.10. The number of hydrogen-bond donors (Lipinski definition) is 0. The van der Waals surface area contributed by atoms with Crippen molar-refractivity contribution in [1.29, 1.82) is 0 Å². The lowest BCUT2D eigenvalue weighted by Crippen LogP contribution is -2.20. The van der Waals surface area contributed by atoms with Gasteiger partial charge in [-0.1, -0.05) is 12.1 Å². The number of esters is 1. The van der Waals surface area contributed by atoms with Crippen LogP contribution in [-0.2, 0) is 4.74 Å². The average molecular weight is 319 g/mol. The van der Waals surface area contributed by atoms with Gasteiger partial charge in [0, 0.05) is 10.1 Å². The summed E-state index contributed by atoms with van der Waals surface area (Å²) >= 11 is 2.13. The molecule has 3 nitrogen and oxygen atoms in total. The molecule has 0 radical (unpaired) electrons. The molecule has 0 fully saturated rings. The summed E-state index contributed by atoms with van der Waals surface area (Å²) in [4.78, 5) is 13.6. The Kier molecular flexibility index (Phi) is 5.04. The largest absolute Gasteiger partial charge is 0.461 e. The third-order valence-electron chi connectivity index (χ3n) is 1.87. The number of halogens is 1. The number of likely N-dealkylation sites (N-methyl/N-ethyl adjacent to an activating group) is 1. The highest BCUT2D eigenvalue weighted by Crippen LogP contribution is 2.12. The fraction of sp³-hybridized carbons (Fsp3) is 0.364. The van der Waals surface area contributed by atoms with Crippen molar-refractivity contribution in [2.75, 3.05) is 27.2 Å². The van der Waals surface area contributed by atoms with E-state index in [1.54, 1.807) is 6.07 Å². The lowest BCUT2D eigenvalue weighted by atomic mass is 10.2. The maximum atomic E-state index is 11.6. The van der Waals surface area contributed by atoms with Gasteiger partial charge in [-0.25, -0.2) is 4.79 Å². The molecule has 1 aromatic rings. The van der Waals surface area contributed by atoms with Crippen molar-refractivity contribution < 1.29 is 9.53 Å². The van der Waals surface area contributed by atoms with Gasteiger partial charge in [0.05, 0.1) is 5.56 Å². The van der Waals surface area contributed by atoms with Gasteiger partial charge in [-0.05, 0) is 48.8 Å². The summed E-state index contributed by atoms with van der Waals surface area (Å²) in [5, 5.41) is 0. The number of carbonyl (C=O) groups excluding carboxylic acids is 1. The smallest absolute Gasteiger partial charge is 0.339 e. The van der Waals surface area contributed by atoms with E-state index >= 15 is 0 Å². The molecule has 1 aromatic carbocycles. The van der Waals surface area contributed by atoms with E-state index < -0.39 is 0 Å². The van der Waals surface area contributed by atoms with Crippen molar-refractivity contribution >= 4 is 28.6 Å². The monoisotopic (exact) mass is 319 g/mol. The molecule has 0 bridgehead atoms. The second-order valence-corrected chi connectivity index (χ2v) is 4.58. The van der Waals surface area contributed by atoms with Gasteiger partial charge in [0.25, 0.3) is 0 Å². The van der Waals surface area contributed by atoms with E-state index in [4.69, 9.17) is 4.74 Å². The summed E-state index contributed by atoms with van der Waals surface area (Å²) in [7, 11) is 3.89. The number of carbonyl (C=O) groups is 1. The zero-order valence-electron chi connectivity index (χ0n) is 8.87. The zero-order valence-corrected chi connectivity index (χ0v) is 11.0. The van der Waals surface area contributed by atoms with Crippen LogP contribution in [0.1, 0.15) is 10.4 Å². The van der Waals surface area contributed by atoms with Crippen molar-refractivity contribution in [3.63, 3.8) is 0 Å². The summed E-state index contributed by atoms with van der Waals surface area (Å²) in [6, 6.07) is 7.41. The van der Waals surface area contributed by atoms with Crippen LogP contribution in [0.2, 0.25) is 0 Å². The van der Waals surface area contributed by atoms with Crippen LogP contribution in [0.5, 0.6) is 0 Å². The van der Waals surface area contributed by atoms with E-state index in [0.717, 1.165) is 10.1 Å². The Balaban J connectivity index is 2.51. The zero-order chi connectivity index (χ0) is 11.3. The highest BCUT2D eigenvalue weighted by atomic mass is 127. The molecule has 0 saturated carbocycles. The predicted octanol–water partition coefficient (Wildman–Crippen LogP) is 2.01. The lowest BCUT2D eigenvalue weighted by molar-refractivity contribution is 0.0480. The van der Waals surface area contributed by atoms with Crippen LogP contribution in [-0.4, -0.2) is 38.1 Å². The van der Waals surface area contributed by atoms with Crippen molar-refractivity contribution in [3.05, 3.63) is 33.4 Å². The van der Waals surface area contributed by atoms with E-state index in [9.17, 15) is 4.79 Å². The molecule has 0 amide bonds. The van der Waals surface area contributed by atoms with Crippen molar-refractivity contribution in [2.24, 2.45) is 0 Å². The third-order valence-corrected chi connectivity index (χ3v) is 2.81. The fourth-order valence-corrected chi connectivity index (χ4v) is 1.63. The van der Waals surface area contributed by atoms with E-state index in [-0.39, 0.29) is 5.97 Å². The molecule has 0 aliphatic heterocycles. The molecule has 82 valence electrons. The van der Waals surface area contributed by atoms with Gasteiger partial charge in [-0.15, -0.1) is 0 Å². The SMILES string of the molecule is CN(C)CCOC(=O)c1ccccc1I. The minimum Gasteiger partial charge on any atom is -0.461 e. The second kappa shape index (κ2) is 6.07. The molecule has 0 aliphatic carbocycles. The van der Waals surface area contributed by atoms with Crippen LogP contribution in [0.25, 0.3) is 0 Å². The second-order valence-electron chi connectivity index (χ2n) is 3.42. The Morgan fingerprint density at radius 2 is 2.07 bits per heavy atom. The molecule has 0 aliphatic rings. The molecular weight excluding hydrogens is 305 g/mol. The van der Waals surface area contributed by atoms with Gasteiger partial charge in [-0.2, -0.15) is 0 Å². The maximum Gasteiger partial charge on any atom is 0.339 e. The summed E-state index contributed by atoms with van der Waals surface area (Å²) in [6.45, 7) is 1.17.